The number of likely N-dealkylation sites (tertiary alicyclic amines) is 1. The van der Waals surface area contributed by atoms with E-state index in [9.17, 15) is 4.79 Å². The number of hydrogen-bond donors (Lipinski definition) is 2. The van der Waals surface area contributed by atoms with E-state index in [1.54, 1.807) is 0 Å². The van der Waals surface area contributed by atoms with Crippen LogP contribution in [0.4, 0.5) is 0 Å². The highest BCUT2D eigenvalue weighted by atomic mass is 16.2. The van der Waals surface area contributed by atoms with Crippen LogP contribution in [0.15, 0.2) is 0 Å². The molecule has 2 N–H and O–H groups in total. The van der Waals surface area contributed by atoms with Gasteiger partial charge in [0.25, 0.3) is 0 Å². The number of nitrogens with zero attached hydrogens (tertiary/aromatic N) is 1. The van der Waals surface area contributed by atoms with Gasteiger partial charge < -0.3 is 15.5 Å². The van der Waals surface area contributed by atoms with E-state index < -0.39 is 0 Å². The number of carbonyl (C=O) groups excluding carboxylic acids is 1. The third kappa shape index (κ3) is 6.39. The summed E-state index contributed by atoms with van der Waals surface area (Å²) in [5.41, 5.74) is -0.157. The number of amides is 1. The zero-order chi connectivity index (χ0) is 14.5. The van der Waals surface area contributed by atoms with Crippen LogP contribution < -0.4 is 10.6 Å². The van der Waals surface area contributed by atoms with Gasteiger partial charge in [-0.15, -0.1) is 0 Å². The summed E-state index contributed by atoms with van der Waals surface area (Å²) in [6, 6.07) is 0.356. The molecule has 0 saturated carbocycles. The van der Waals surface area contributed by atoms with E-state index >= 15 is 0 Å². The van der Waals surface area contributed by atoms with Gasteiger partial charge in [-0.25, -0.2) is 0 Å². The quantitative estimate of drug-likeness (QED) is 0.817. The Kier molecular flexibility index (Phi) is 6.27. The van der Waals surface area contributed by atoms with Gasteiger partial charge in [0, 0.05) is 11.6 Å². The van der Waals surface area contributed by atoms with Crippen LogP contribution in [0.1, 0.15) is 53.9 Å². The summed E-state index contributed by atoms with van der Waals surface area (Å²) >= 11 is 0. The Labute approximate surface area is 118 Å². The summed E-state index contributed by atoms with van der Waals surface area (Å²) in [4.78, 5) is 14.5. The number of carbonyl (C=O) groups is 1. The molecule has 0 aliphatic carbocycles. The lowest BCUT2D eigenvalue weighted by Crippen LogP contribution is -2.51. The molecule has 0 bridgehead atoms. The molecule has 1 amide bonds. The first-order valence-corrected chi connectivity index (χ1v) is 7.62. The molecule has 2 atom stereocenters. The van der Waals surface area contributed by atoms with Crippen molar-refractivity contribution in [3.8, 4) is 0 Å². The number of rotatable bonds is 4. The van der Waals surface area contributed by atoms with Gasteiger partial charge in [0.05, 0.1) is 6.04 Å². The van der Waals surface area contributed by atoms with Crippen LogP contribution in [0.3, 0.4) is 0 Å². The van der Waals surface area contributed by atoms with Gasteiger partial charge in [-0.05, 0) is 66.6 Å². The molecular formula is C15H31N3O. The third-order valence-electron chi connectivity index (χ3n) is 3.65. The van der Waals surface area contributed by atoms with E-state index in [-0.39, 0.29) is 17.5 Å². The molecule has 1 rings (SSSR count). The zero-order valence-corrected chi connectivity index (χ0v) is 13.3. The fourth-order valence-corrected chi connectivity index (χ4v) is 2.55. The number of hydrogen-bond acceptors (Lipinski definition) is 3. The summed E-state index contributed by atoms with van der Waals surface area (Å²) < 4.78 is 0. The maximum Gasteiger partial charge on any atom is 0.237 e. The minimum Gasteiger partial charge on any atom is -0.350 e. The van der Waals surface area contributed by atoms with Crippen molar-refractivity contribution in [2.75, 3.05) is 19.6 Å². The van der Waals surface area contributed by atoms with E-state index in [1.807, 2.05) is 27.7 Å². The Morgan fingerprint density at radius 1 is 1.32 bits per heavy atom. The van der Waals surface area contributed by atoms with Crippen molar-refractivity contribution >= 4 is 5.91 Å². The molecule has 112 valence electrons. The molecule has 2 unspecified atom stereocenters. The molecule has 0 spiro atoms. The first-order valence-electron chi connectivity index (χ1n) is 7.62. The van der Waals surface area contributed by atoms with Crippen LogP contribution in [0.25, 0.3) is 0 Å². The lowest BCUT2D eigenvalue weighted by Gasteiger charge is -2.26. The Hall–Kier alpha value is -0.610. The average molecular weight is 269 g/mol. The first-order chi connectivity index (χ1) is 8.81. The van der Waals surface area contributed by atoms with E-state index in [0.29, 0.717) is 6.04 Å². The second-order valence-electron chi connectivity index (χ2n) is 6.69. The average Bonchev–Trinajstić information content (AvgIpc) is 2.52. The van der Waals surface area contributed by atoms with Crippen LogP contribution >= 0.6 is 0 Å². The molecule has 0 aromatic heterocycles. The first kappa shape index (κ1) is 16.4. The highest BCUT2D eigenvalue weighted by Gasteiger charge is 2.23. The highest BCUT2D eigenvalue weighted by molar-refractivity contribution is 5.81. The molecule has 0 aromatic rings. The molecule has 0 aromatic carbocycles. The molecule has 4 heteroatoms. The van der Waals surface area contributed by atoms with E-state index in [4.69, 9.17) is 0 Å². The minimum atomic E-state index is -0.157. The van der Waals surface area contributed by atoms with E-state index in [2.05, 4.69) is 22.5 Å². The fraction of sp³-hybridized carbons (Fsp3) is 0.933. The molecule has 19 heavy (non-hydrogen) atoms. The van der Waals surface area contributed by atoms with Gasteiger partial charge in [-0.3, -0.25) is 4.79 Å². The Bertz CT molecular complexity index is 286. The maximum absolute atomic E-state index is 12.1. The Morgan fingerprint density at radius 3 is 2.58 bits per heavy atom. The van der Waals surface area contributed by atoms with Gasteiger partial charge >= 0.3 is 0 Å². The van der Waals surface area contributed by atoms with Crippen molar-refractivity contribution < 1.29 is 4.79 Å². The summed E-state index contributed by atoms with van der Waals surface area (Å²) in [7, 11) is 0. The van der Waals surface area contributed by atoms with Gasteiger partial charge in [0.2, 0.25) is 5.91 Å². The maximum atomic E-state index is 12.1. The van der Waals surface area contributed by atoms with Crippen LogP contribution in [0.5, 0.6) is 0 Å². The van der Waals surface area contributed by atoms with Gasteiger partial charge in [0.1, 0.15) is 0 Å². The molecule has 4 nitrogen and oxygen atoms in total. The van der Waals surface area contributed by atoms with Crippen LogP contribution in [-0.4, -0.2) is 48.1 Å². The smallest absolute Gasteiger partial charge is 0.237 e. The normalized spacial score (nSPS) is 23.7. The monoisotopic (exact) mass is 269 g/mol. The molecular weight excluding hydrogens is 238 g/mol. The van der Waals surface area contributed by atoms with Crippen molar-refractivity contribution in [2.45, 2.75) is 71.5 Å². The standard InChI is InChI=1S/C15H31N3O/c1-6-18-10-7-8-13(9-11-18)16-12(2)14(19)17-15(3,4)5/h12-13,16H,6-11H2,1-5H3,(H,17,19). The van der Waals surface area contributed by atoms with Gasteiger partial charge in [-0.1, -0.05) is 6.92 Å². The largest absolute Gasteiger partial charge is 0.350 e. The molecule has 1 aliphatic rings. The van der Waals surface area contributed by atoms with Gasteiger partial charge in [0.15, 0.2) is 0 Å². The van der Waals surface area contributed by atoms with Crippen molar-refractivity contribution in [3.63, 3.8) is 0 Å². The zero-order valence-electron chi connectivity index (χ0n) is 13.3. The minimum absolute atomic E-state index is 0.101. The predicted molar refractivity (Wildman–Crippen MR) is 80.2 cm³/mol. The number of nitrogens with one attached hydrogen (secondary N) is 2. The van der Waals surface area contributed by atoms with Crippen LogP contribution in [0, 0.1) is 0 Å². The second-order valence-corrected chi connectivity index (χ2v) is 6.69. The van der Waals surface area contributed by atoms with Crippen molar-refractivity contribution in [2.24, 2.45) is 0 Å². The topological polar surface area (TPSA) is 44.4 Å². The van der Waals surface area contributed by atoms with Crippen LogP contribution in [-0.2, 0) is 4.79 Å². The summed E-state index contributed by atoms with van der Waals surface area (Å²) in [6.07, 6.45) is 3.53. The lowest BCUT2D eigenvalue weighted by atomic mass is 10.1. The molecule has 0 radical (unpaired) electrons. The SMILES string of the molecule is CCN1CCCC(NC(C)C(=O)NC(C)(C)C)CC1. The molecule has 1 aliphatic heterocycles. The Balaban J connectivity index is 2.39. The lowest BCUT2D eigenvalue weighted by molar-refractivity contribution is -0.124. The predicted octanol–water partition coefficient (Wildman–Crippen LogP) is 1.75. The third-order valence-corrected chi connectivity index (χ3v) is 3.65. The highest BCUT2D eigenvalue weighted by Crippen LogP contribution is 2.11. The van der Waals surface area contributed by atoms with E-state index in [1.165, 1.54) is 19.4 Å². The fourth-order valence-electron chi connectivity index (χ4n) is 2.55. The Morgan fingerprint density at radius 2 is 2.00 bits per heavy atom. The molecule has 1 saturated heterocycles. The van der Waals surface area contributed by atoms with E-state index in [0.717, 1.165) is 19.5 Å². The second kappa shape index (κ2) is 7.25. The van der Waals surface area contributed by atoms with Crippen molar-refractivity contribution in [3.05, 3.63) is 0 Å². The summed E-state index contributed by atoms with van der Waals surface area (Å²) in [5.74, 6) is 0.101. The van der Waals surface area contributed by atoms with Crippen molar-refractivity contribution in [1.29, 1.82) is 0 Å². The molecule has 1 fully saturated rings. The summed E-state index contributed by atoms with van der Waals surface area (Å²) in [6.45, 7) is 13.7. The van der Waals surface area contributed by atoms with Crippen molar-refractivity contribution in [1.82, 2.24) is 15.5 Å². The van der Waals surface area contributed by atoms with Gasteiger partial charge in [-0.2, -0.15) is 0 Å². The van der Waals surface area contributed by atoms with Crippen LogP contribution in [0.2, 0.25) is 0 Å². The molecule has 1 heterocycles. The summed E-state index contributed by atoms with van der Waals surface area (Å²) in [5, 5.41) is 6.52.